The average Bonchev–Trinajstić information content (AvgIpc) is 3.36. The fraction of sp³-hybridized carbons (Fsp3) is 0.955. The number of esters is 3. The largest absolute Gasteiger partial charge is 0.462 e. The van der Waals surface area contributed by atoms with Crippen LogP contribution in [0.3, 0.4) is 0 Å². The van der Waals surface area contributed by atoms with E-state index in [1.54, 1.807) is 0 Å². The lowest BCUT2D eigenvalue weighted by Crippen LogP contribution is -2.30. The summed E-state index contributed by atoms with van der Waals surface area (Å²) in [6.45, 7) is 13.8. The Kier molecular flexibility index (Phi) is 55.9. The summed E-state index contributed by atoms with van der Waals surface area (Å²) in [5.41, 5.74) is 0. The van der Waals surface area contributed by atoms with Crippen LogP contribution in [0.4, 0.5) is 0 Å². The van der Waals surface area contributed by atoms with Crippen molar-refractivity contribution in [3.63, 3.8) is 0 Å². The van der Waals surface area contributed by atoms with Crippen LogP contribution in [0.25, 0.3) is 0 Å². The molecule has 72 heavy (non-hydrogen) atoms. The van der Waals surface area contributed by atoms with Crippen molar-refractivity contribution in [1.29, 1.82) is 0 Å². The van der Waals surface area contributed by atoms with Gasteiger partial charge < -0.3 is 14.2 Å². The standard InChI is InChI=1S/C66H128O6/c1-7-62(6)54-48-42-36-30-26-27-32-38-44-50-56-65(68)71-59-63(72-66(69)57-51-45-39-33-25-21-17-13-12-15-19-23-29-35-41-47-53-61(4)5)58-70-64(67)55-49-43-37-31-24-20-16-11-9-8-10-14-18-22-28-34-40-46-52-60(2)3/h60-63H,7-59H2,1-6H3/t62?,63-/m0/s1. The van der Waals surface area contributed by atoms with E-state index in [4.69, 9.17) is 14.2 Å². The third-order valence-electron chi connectivity index (χ3n) is 15.5. The van der Waals surface area contributed by atoms with E-state index in [-0.39, 0.29) is 31.1 Å². The van der Waals surface area contributed by atoms with Gasteiger partial charge in [0.25, 0.3) is 0 Å². The highest BCUT2D eigenvalue weighted by Gasteiger charge is 2.19. The Labute approximate surface area is 450 Å². The van der Waals surface area contributed by atoms with Crippen LogP contribution >= 0.6 is 0 Å². The van der Waals surface area contributed by atoms with Crippen molar-refractivity contribution in [2.24, 2.45) is 17.8 Å². The molecule has 0 rings (SSSR count). The van der Waals surface area contributed by atoms with Gasteiger partial charge in [-0.25, -0.2) is 0 Å². The molecule has 0 aliphatic heterocycles. The summed E-state index contributed by atoms with van der Waals surface area (Å²) < 4.78 is 17.0. The Balaban J connectivity index is 4.27. The molecule has 0 aromatic carbocycles. The normalized spacial score (nSPS) is 12.5. The maximum atomic E-state index is 12.9. The Bertz CT molecular complexity index is 1120. The maximum Gasteiger partial charge on any atom is 0.306 e. The lowest BCUT2D eigenvalue weighted by molar-refractivity contribution is -0.167. The highest BCUT2D eigenvalue weighted by atomic mass is 16.6. The molecule has 0 aromatic heterocycles. The van der Waals surface area contributed by atoms with Crippen LogP contribution in [0.5, 0.6) is 0 Å². The summed E-state index contributed by atoms with van der Waals surface area (Å²) in [5, 5.41) is 0. The zero-order valence-corrected chi connectivity index (χ0v) is 49.7. The molecule has 0 saturated heterocycles. The van der Waals surface area contributed by atoms with Gasteiger partial charge in [0.1, 0.15) is 13.2 Å². The molecular formula is C66H128O6. The second-order valence-electron chi connectivity index (χ2n) is 24.0. The summed E-state index contributed by atoms with van der Waals surface area (Å²) in [5.74, 6) is 1.75. The monoisotopic (exact) mass is 1020 g/mol. The van der Waals surface area contributed by atoms with Crippen LogP contribution in [-0.4, -0.2) is 37.2 Å². The molecule has 0 aliphatic carbocycles. The molecule has 0 bridgehead atoms. The summed E-state index contributed by atoms with van der Waals surface area (Å²) in [7, 11) is 0. The Morgan fingerprint density at radius 2 is 0.486 bits per heavy atom. The first-order chi connectivity index (χ1) is 35.1. The fourth-order valence-corrected chi connectivity index (χ4v) is 10.2. The molecule has 6 nitrogen and oxygen atoms in total. The SMILES string of the molecule is CCC(C)CCCCCCCCCCCCC(=O)OC[C@H](COC(=O)CCCCCCCCCCCCCCCCCCCCC(C)C)OC(=O)CCCCCCCCCCCCCCCCCCC(C)C. The molecule has 0 aromatic rings. The molecule has 0 N–H and O–H groups in total. The number of ether oxygens (including phenoxy) is 3. The summed E-state index contributed by atoms with van der Waals surface area (Å²) in [6.07, 6.45) is 62.4. The van der Waals surface area contributed by atoms with Gasteiger partial charge in [-0.2, -0.15) is 0 Å². The maximum absolute atomic E-state index is 12.9. The van der Waals surface area contributed by atoms with Crippen LogP contribution in [-0.2, 0) is 28.6 Å². The molecule has 0 saturated carbocycles. The van der Waals surface area contributed by atoms with Gasteiger partial charge in [-0.05, 0) is 37.0 Å². The molecule has 0 fully saturated rings. The van der Waals surface area contributed by atoms with Crippen molar-refractivity contribution in [2.75, 3.05) is 13.2 Å². The van der Waals surface area contributed by atoms with Crippen LogP contribution in [0.2, 0.25) is 0 Å². The van der Waals surface area contributed by atoms with Gasteiger partial charge in [-0.1, -0.05) is 330 Å². The van der Waals surface area contributed by atoms with Crippen LogP contribution in [0, 0.1) is 17.8 Å². The van der Waals surface area contributed by atoms with Crippen molar-refractivity contribution in [1.82, 2.24) is 0 Å². The number of carbonyl (C=O) groups excluding carboxylic acids is 3. The van der Waals surface area contributed by atoms with E-state index in [2.05, 4.69) is 41.5 Å². The molecular weight excluding hydrogens is 889 g/mol. The van der Waals surface area contributed by atoms with Gasteiger partial charge in [-0.3, -0.25) is 14.4 Å². The lowest BCUT2D eigenvalue weighted by Gasteiger charge is -2.18. The zero-order valence-electron chi connectivity index (χ0n) is 49.7. The van der Waals surface area contributed by atoms with Gasteiger partial charge in [0.15, 0.2) is 6.10 Å². The molecule has 0 heterocycles. The first-order valence-electron chi connectivity index (χ1n) is 32.6. The minimum Gasteiger partial charge on any atom is -0.462 e. The van der Waals surface area contributed by atoms with Crippen molar-refractivity contribution in [3.8, 4) is 0 Å². The van der Waals surface area contributed by atoms with Crippen molar-refractivity contribution >= 4 is 17.9 Å². The lowest BCUT2D eigenvalue weighted by atomic mass is 9.99. The van der Waals surface area contributed by atoms with E-state index >= 15 is 0 Å². The summed E-state index contributed by atoms with van der Waals surface area (Å²) in [4.78, 5) is 38.3. The van der Waals surface area contributed by atoms with Crippen LogP contribution in [0.15, 0.2) is 0 Å². The molecule has 6 heteroatoms. The topological polar surface area (TPSA) is 78.9 Å². The Morgan fingerprint density at radius 3 is 0.722 bits per heavy atom. The van der Waals surface area contributed by atoms with E-state index in [9.17, 15) is 14.4 Å². The highest BCUT2D eigenvalue weighted by Crippen LogP contribution is 2.20. The van der Waals surface area contributed by atoms with Crippen molar-refractivity contribution in [2.45, 2.75) is 375 Å². The van der Waals surface area contributed by atoms with E-state index in [1.165, 1.54) is 250 Å². The Morgan fingerprint density at radius 1 is 0.278 bits per heavy atom. The quantitative estimate of drug-likeness (QED) is 0.0343. The molecule has 2 atom stereocenters. The molecule has 1 unspecified atom stereocenters. The van der Waals surface area contributed by atoms with E-state index in [0.717, 1.165) is 75.5 Å². The zero-order chi connectivity index (χ0) is 52.6. The second kappa shape index (κ2) is 57.1. The molecule has 428 valence electrons. The van der Waals surface area contributed by atoms with Gasteiger partial charge in [-0.15, -0.1) is 0 Å². The fourth-order valence-electron chi connectivity index (χ4n) is 10.2. The number of hydrogen-bond donors (Lipinski definition) is 0. The Hall–Kier alpha value is -1.59. The first kappa shape index (κ1) is 70.4. The minimum absolute atomic E-state index is 0.0625. The summed E-state index contributed by atoms with van der Waals surface area (Å²) in [6, 6.07) is 0. The third-order valence-corrected chi connectivity index (χ3v) is 15.5. The predicted octanol–water partition coefficient (Wildman–Crippen LogP) is 21.8. The van der Waals surface area contributed by atoms with Crippen LogP contribution < -0.4 is 0 Å². The first-order valence-corrected chi connectivity index (χ1v) is 32.6. The second-order valence-corrected chi connectivity index (χ2v) is 24.0. The molecule has 0 aliphatic rings. The number of hydrogen-bond acceptors (Lipinski definition) is 6. The van der Waals surface area contributed by atoms with E-state index in [0.29, 0.717) is 19.3 Å². The number of rotatable bonds is 59. The van der Waals surface area contributed by atoms with Crippen molar-refractivity contribution in [3.05, 3.63) is 0 Å². The molecule has 0 spiro atoms. The number of carbonyl (C=O) groups is 3. The molecule has 0 radical (unpaired) electrons. The highest BCUT2D eigenvalue weighted by molar-refractivity contribution is 5.71. The van der Waals surface area contributed by atoms with Gasteiger partial charge in [0, 0.05) is 19.3 Å². The van der Waals surface area contributed by atoms with Crippen molar-refractivity contribution < 1.29 is 28.6 Å². The number of unbranched alkanes of at least 4 members (excludes halogenated alkanes) is 41. The van der Waals surface area contributed by atoms with E-state index < -0.39 is 6.10 Å². The molecule has 0 amide bonds. The predicted molar refractivity (Wildman–Crippen MR) is 312 cm³/mol. The average molecular weight is 1020 g/mol. The van der Waals surface area contributed by atoms with Gasteiger partial charge in [0.05, 0.1) is 0 Å². The smallest absolute Gasteiger partial charge is 0.306 e. The van der Waals surface area contributed by atoms with Gasteiger partial charge in [0.2, 0.25) is 0 Å². The van der Waals surface area contributed by atoms with Crippen LogP contribution in [0.1, 0.15) is 369 Å². The minimum atomic E-state index is -0.765. The third kappa shape index (κ3) is 57.7. The van der Waals surface area contributed by atoms with E-state index in [1.807, 2.05) is 0 Å². The van der Waals surface area contributed by atoms with Gasteiger partial charge >= 0.3 is 17.9 Å². The summed E-state index contributed by atoms with van der Waals surface area (Å²) >= 11 is 0.